The number of nitrogens with zero attached hydrogens (tertiary/aromatic N) is 1. The molecule has 6 nitrogen and oxygen atoms in total. The van der Waals surface area contributed by atoms with Crippen molar-refractivity contribution >= 4 is 18.5 Å². The SMILES string of the molecule is CCOc1ccc(P2(=O)CCCCN2CC(=O)NO)cc1. The molecule has 2 N–H and O–H groups in total. The zero-order valence-electron chi connectivity index (χ0n) is 12.1. The van der Waals surface area contributed by atoms with E-state index < -0.39 is 13.2 Å². The van der Waals surface area contributed by atoms with Gasteiger partial charge in [0.05, 0.1) is 13.2 Å². The molecule has 0 spiro atoms. The molecule has 116 valence electrons. The minimum atomic E-state index is -2.78. The highest BCUT2D eigenvalue weighted by molar-refractivity contribution is 7.69. The maximum absolute atomic E-state index is 13.3. The standard InChI is InChI=1S/C14H21N2O4P/c1-2-20-12-5-7-13(8-6-12)21(19)10-4-3-9-16(21)11-14(17)15-18/h5-8,18H,2-4,9-11H2,1H3,(H,15,17). The molecule has 1 fully saturated rings. The number of hydroxylamine groups is 1. The second kappa shape index (κ2) is 7.07. The first-order valence-corrected chi connectivity index (χ1v) is 8.95. The molecule has 1 aliphatic rings. The number of hydrogen-bond donors (Lipinski definition) is 2. The predicted octanol–water partition coefficient (Wildman–Crippen LogP) is 1.59. The average Bonchev–Trinajstić information content (AvgIpc) is 2.50. The van der Waals surface area contributed by atoms with Crippen LogP contribution in [0, 0.1) is 0 Å². The van der Waals surface area contributed by atoms with Crippen molar-refractivity contribution in [2.75, 3.05) is 25.9 Å². The third kappa shape index (κ3) is 3.64. The van der Waals surface area contributed by atoms with Crippen LogP contribution in [-0.4, -0.2) is 41.6 Å². The van der Waals surface area contributed by atoms with Crippen molar-refractivity contribution in [2.45, 2.75) is 19.8 Å². The van der Waals surface area contributed by atoms with E-state index >= 15 is 0 Å². The molecule has 1 aromatic carbocycles. The van der Waals surface area contributed by atoms with E-state index in [1.165, 1.54) is 0 Å². The van der Waals surface area contributed by atoms with Crippen LogP contribution in [-0.2, 0) is 9.36 Å². The Bertz CT molecular complexity index is 532. The van der Waals surface area contributed by atoms with Crippen LogP contribution in [0.3, 0.4) is 0 Å². The molecule has 1 heterocycles. The number of hydrogen-bond acceptors (Lipinski definition) is 4. The molecule has 1 atom stereocenters. The quantitative estimate of drug-likeness (QED) is 0.490. The van der Waals surface area contributed by atoms with E-state index in [9.17, 15) is 9.36 Å². The van der Waals surface area contributed by atoms with Gasteiger partial charge in [-0.05, 0) is 44.0 Å². The lowest BCUT2D eigenvalue weighted by Gasteiger charge is -2.35. The van der Waals surface area contributed by atoms with Crippen LogP contribution < -0.4 is 15.5 Å². The summed E-state index contributed by atoms with van der Waals surface area (Å²) in [6.07, 6.45) is 2.33. The van der Waals surface area contributed by atoms with Gasteiger partial charge in [0.25, 0.3) is 5.91 Å². The molecule has 2 rings (SSSR count). The first-order valence-electron chi connectivity index (χ1n) is 7.11. The van der Waals surface area contributed by atoms with Gasteiger partial charge in [-0.15, -0.1) is 0 Å². The lowest BCUT2D eigenvalue weighted by Crippen LogP contribution is -2.39. The van der Waals surface area contributed by atoms with Gasteiger partial charge in [0.15, 0.2) is 7.29 Å². The van der Waals surface area contributed by atoms with E-state index in [2.05, 4.69) is 0 Å². The van der Waals surface area contributed by atoms with E-state index in [1.807, 2.05) is 6.92 Å². The van der Waals surface area contributed by atoms with E-state index in [0.29, 0.717) is 19.3 Å². The van der Waals surface area contributed by atoms with Crippen molar-refractivity contribution in [3.63, 3.8) is 0 Å². The number of amides is 1. The van der Waals surface area contributed by atoms with Gasteiger partial charge in [-0.2, -0.15) is 0 Å². The monoisotopic (exact) mass is 312 g/mol. The first-order chi connectivity index (χ1) is 10.1. The molecule has 1 aliphatic heterocycles. The van der Waals surface area contributed by atoms with Gasteiger partial charge in [-0.1, -0.05) is 0 Å². The van der Waals surface area contributed by atoms with Crippen molar-refractivity contribution < 1.29 is 19.3 Å². The summed E-state index contributed by atoms with van der Waals surface area (Å²) in [6, 6.07) is 7.22. The summed E-state index contributed by atoms with van der Waals surface area (Å²) < 4.78 is 20.4. The topological polar surface area (TPSA) is 78.9 Å². The Labute approximate surface area is 124 Å². The van der Waals surface area contributed by atoms with Crippen LogP contribution in [0.25, 0.3) is 0 Å². The summed E-state index contributed by atoms with van der Waals surface area (Å²) in [5, 5.41) is 9.40. The van der Waals surface area contributed by atoms with Crippen LogP contribution in [0.1, 0.15) is 19.8 Å². The fraction of sp³-hybridized carbons (Fsp3) is 0.500. The van der Waals surface area contributed by atoms with Gasteiger partial charge in [0.1, 0.15) is 5.75 Å². The number of benzene rings is 1. The summed E-state index contributed by atoms with van der Waals surface area (Å²) in [4.78, 5) is 11.4. The van der Waals surface area contributed by atoms with Crippen LogP contribution >= 0.6 is 7.29 Å². The Kier molecular flexibility index (Phi) is 5.39. The fourth-order valence-corrected chi connectivity index (χ4v) is 5.51. The van der Waals surface area contributed by atoms with Crippen molar-refractivity contribution in [2.24, 2.45) is 0 Å². The first kappa shape index (κ1) is 16.0. The molecule has 0 bridgehead atoms. The van der Waals surface area contributed by atoms with Crippen LogP contribution in [0.15, 0.2) is 24.3 Å². The molecule has 0 saturated carbocycles. The van der Waals surface area contributed by atoms with Crippen LogP contribution in [0.4, 0.5) is 0 Å². The Morgan fingerprint density at radius 1 is 1.38 bits per heavy atom. The second-order valence-corrected chi connectivity index (χ2v) is 7.91. The van der Waals surface area contributed by atoms with Gasteiger partial charge in [-0.25, -0.2) is 10.2 Å². The summed E-state index contributed by atoms with van der Waals surface area (Å²) >= 11 is 0. The number of nitrogens with one attached hydrogen (secondary N) is 1. The van der Waals surface area contributed by atoms with Gasteiger partial charge >= 0.3 is 0 Å². The number of rotatable bonds is 5. The Morgan fingerprint density at radius 2 is 2.10 bits per heavy atom. The predicted molar refractivity (Wildman–Crippen MR) is 80.5 cm³/mol. The van der Waals surface area contributed by atoms with E-state index in [1.54, 1.807) is 34.4 Å². The van der Waals surface area contributed by atoms with Gasteiger partial charge in [0, 0.05) is 18.0 Å². The normalized spacial score (nSPS) is 22.8. The van der Waals surface area contributed by atoms with Crippen LogP contribution in [0.5, 0.6) is 5.75 Å². The maximum Gasteiger partial charge on any atom is 0.257 e. The van der Waals surface area contributed by atoms with Gasteiger partial charge < -0.3 is 9.30 Å². The lowest BCUT2D eigenvalue weighted by atomic mass is 10.3. The van der Waals surface area contributed by atoms with E-state index in [4.69, 9.17) is 9.94 Å². The molecular weight excluding hydrogens is 291 g/mol. The van der Waals surface area contributed by atoms with Crippen molar-refractivity contribution in [3.8, 4) is 5.75 Å². The van der Waals surface area contributed by atoms with Crippen molar-refractivity contribution in [1.82, 2.24) is 10.2 Å². The molecule has 1 aromatic rings. The smallest absolute Gasteiger partial charge is 0.257 e. The van der Waals surface area contributed by atoms with Crippen molar-refractivity contribution in [3.05, 3.63) is 24.3 Å². The Balaban J connectivity index is 2.23. The lowest BCUT2D eigenvalue weighted by molar-refractivity contribution is -0.129. The summed E-state index contributed by atoms with van der Waals surface area (Å²) in [7, 11) is -2.78. The van der Waals surface area contributed by atoms with Crippen molar-refractivity contribution in [1.29, 1.82) is 0 Å². The summed E-state index contributed by atoms with van der Waals surface area (Å²) in [5.41, 5.74) is 1.61. The maximum atomic E-state index is 13.3. The number of carbonyl (C=O) groups is 1. The minimum absolute atomic E-state index is 0.0546. The molecule has 0 aromatic heterocycles. The minimum Gasteiger partial charge on any atom is -0.494 e. The highest BCUT2D eigenvalue weighted by Crippen LogP contribution is 2.51. The molecule has 7 heteroatoms. The summed E-state index contributed by atoms with van der Waals surface area (Å²) in [6.45, 7) is 3.03. The number of ether oxygens (including phenoxy) is 1. The third-order valence-corrected chi connectivity index (χ3v) is 6.87. The third-order valence-electron chi connectivity index (χ3n) is 3.59. The molecule has 1 saturated heterocycles. The average molecular weight is 312 g/mol. The number of carbonyl (C=O) groups excluding carboxylic acids is 1. The van der Waals surface area contributed by atoms with E-state index in [0.717, 1.165) is 23.9 Å². The Hall–Kier alpha value is -1.36. The zero-order valence-corrected chi connectivity index (χ0v) is 13.0. The molecule has 0 aliphatic carbocycles. The second-order valence-electron chi connectivity index (χ2n) is 4.98. The highest BCUT2D eigenvalue weighted by Gasteiger charge is 2.35. The van der Waals surface area contributed by atoms with E-state index in [-0.39, 0.29) is 6.54 Å². The largest absolute Gasteiger partial charge is 0.494 e. The Morgan fingerprint density at radius 3 is 2.71 bits per heavy atom. The molecule has 0 radical (unpaired) electrons. The molecular formula is C14H21N2O4P. The van der Waals surface area contributed by atoms with Gasteiger partial charge in [0.2, 0.25) is 0 Å². The highest BCUT2D eigenvalue weighted by atomic mass is 31.2. The summed E-state index contributed by atoms with van der Waals surface area (Å²) in [5.74, 6) is 0.201. The molecule has 1 unspecified atom stereocenters. The van der Waals surface area contributed by atoms with Crippen LogP contribution in [0.2, 0.25) is 0 Å². The molecule has 1 amide bonds. The molecule has 21 heavy (non-hydrogen) atoms. The zero-order chi connectivity index (χ0) is 15.3. The fourth-order valence-electron chi connectivity index (χ4n) is 2.55. The van der Waals surface area contributed by atoms with Gasteiger partial charge in [-0.3, -0.25) is 10.0 Å².